The van der Waals surface area contributed by atoms with Crippen LogP contribution in [-0.4, -0.2) is 30.1 Å². The van der Waals surface area contributed by atoms with Crippen molar-refractivity contribution in [2.75, 3.05) is 11.9 Å². The first-order chi connectivity index (χ1) is 16.5. The van der Waals surface area contributed by atoms with Gasteiger partial charge in [-0.2, -0.15) is 0 Å². The van der Waals surface area contributed by atoms with E-state index in [-0.39, 0.29) is 16.9 Å². The minimum Gasteiger partial charge on any atom is -0.452 e. The lowest BCUT2D eigenvalue weighted by molar-refractivity contribution is -0.119. The monoisotopic (exact) mass is 457 g/mol. The van der Waals surface area contributed by atoms with E-state index >= 15 is 0 Å². The molecule has 1 fully saturated rings. The molecule has 1 amide bonds. The standard InChI is InChI=1S/C27H23NO6/c29-24(28-19-12-13-22-23(16-19)34-27(33-22)14-6-7-15-27)17-32-26(31)21-11-5-4-10-20(21)25(30)18-8-2-1-3-9-18/h1-5,8-13,16H,6-7,14-15,17H2,(H,28,29). The highest BCUT2D eigenvalue weighted by molar-refractivity contribution is 6.14. The van der Waals surface area contributed by atoms with Crippen molar-refractivity contribution < 1.29 is 28.6 Å². The number of ketones is 1. The summed E-state index contributed by atoms with van der Waals surface area (Å²) >= 11 is 0. The first-order valence-corrected chi connectivity index (χ1v) is 11.2. The van der Waals surface area contributed by atoms with Crippen molar-refractivity contribution in [3.8, 4) is 11.5 Å². The minimum absolute atomic E-state index is 0.106. The number of rotatable bonds is 6. The van der Waals surface area contributed by atoms with Crippen molar-refractivity contribution in [1.82, 2.24) is 0 Å². The van der Waals surface area contributed by atoms with Crippen LogP contribution in [0.3, 0.4) is 0 Å². The Bertz CT molecular complexity index is 1250. The van der Waals surface area contributed by atoms with Gasteiger partial charge in [-0.1, -0.05) is 48.5 Å². The molecule has 0 atom stereocenters. The van der Waals surface area contributed by atoms with Crippen molar-refractivity contribution in [3.63, 3.8) is 0 Å². The smallest absolute Gasteiger partial charge is 0.339 e. The highest BCUT2D eigenvalue weighted by Gasteiger charge is 2.44. The average molecular weight is 457 g/mol. The van der Waals surface area contributed by atoms with Gasteiger partial charge in [-0.25, -0.2) is 4.79 Å². The van der Waals surface area contributed by atoms with Crippen molar-refractivity contribution >= 4 is 23.3 Å². The van der Waals surface area contributed by atoms with Gasteiger partial charge in [0.2, 0.25) is 0 Å². The van der Waals surface area contributed by atoms with Crippen LogP contribution in [0.25, 0.3) is 0 Å². The predicted octanol–water partition coefficient (Wildman–Crippen LogP) is 4.75. The summed E-state index contributed by atoms with van der Waals surface area (Å²) < 4.78 is 17.2. The van der Waals surface area contributed by atoms with Gasteiger partial charge in [0.05, 0.1) is 5.56 Å². The molecule has 1 aliphatic heterocycles. The first kappa shape index (κ1) is 21.7. The number of esters is 1. The second-order valence-electron chi connectivity index (χ2n) is 8.35. The Morgan fingerprint density at radius 3 is 2.26 bits per heavy atom. The zero-order valence-electron chi connectivity index (χ0n) is 18.4. The number of carbonyl (C=O) groups is 3. The Hall–Kier alpha value is -4.13. The fraction of sp³-hybridized carbons (Fsp3) is 0.222. The van der Waals surface area contributed by atoms with Crippen molar-refractivity contribution in [2.24, 2.45) is 0 Å². The Labute approximate surface area is 196 Å². The molecule has 34 heavy (non-hydrogen) atoms. The maximum absolute atomic E-state index is 12.8. The third-order valence-electron chi connectivity index (χ3n) is 5.95. The minimum atomic E-state index is -0.746. The average Bonchev–Trinajstić information content (AvgIpc) is 3.47. The normalized spacial score (nSPS) is 15.2. The molecule has 172 valence electrons. The SMILES string of the molecule is O=C(COC(=O)c1ccccc1C(=O)c1ccccc1)Nc1ccc2c(c1)OC1(CCCC1)O2. The second-order valence-corrected chi connectivity index (χ2v) is 8.35. The summed E-state index contributed by atoms with van der Waals surface area (Å²) in [5.74, 6) is -0.877. The molecular formula is C27H23NO6. The largest absolute Gasteiger partial charge is 0.452 e. The van der Waals surface area contributed by atoms with Crippen LogP contribution in [0.2, 0.25) is 0 Å². The molecule has 1 aliphatic carbocycles. The number of hydrogen-bond donors (Lipinski definition) is 1. The van der Waals surface area contributed by atoms with Crippen molar-refractivity contribution in [1.29, 1.82) is 0 Å². The molecule has 1 N–H and O–H groups in total. The quantitative estimate of drug-likeness (QED) is 0.424. The van der Waals surface area contributed by atoms with E-state index in [1.54, 1.807) is 60.7 Å². The highest BCUT2D eigenvalue weighted by atomic mass is 16.7. The number of fused-ring (bicyclic) bond motifs is 1. The van der Waals surface area contributed by atoms with E-state index in [0.29, 0.717) is 22.7 Å². The van der Waals surface area contributed by atoms with Crippen LogP contribution < -0.4 is 14.8 Å². The van der Waals surface area contributed by atoms with Crippen LogP contribution in [0.1, 0.15) is 52.0 Å². The van der Waals surface area contributed by atoms with Gasteiger partial charge in [0.1, 0.15) is 0 Å². The molecule has 0 radical (unpaired) electrons. The van der Waals surface area contributed by atoms with E-state index < -0.39 is 24.3 Å². The number of anilines is 1. The van der Waals surface area contributed by atoms with Gasteiger partial charge in [-0.3, -0.25) is 9.59 Å². The summed E-state index contributed by atoms with van der Waals surface area (Å²) in [6.45, 7) is -0.495. The third-order valence-corrected chi connectivity index (χ3v) is 5.95. The molecule has 1 saturated carbocycles. The molecule has 7 nitrogen and oxygen atoms in total. The molecule has 1 spiro atoms. The van der Waals surface area contributed by atoms with E-state index in [1.807, 2.05) is 6.07 Å². The number of ether oxygens (including phenoxy) is 3. The lowest BCUT2D eigenvalue weighted by atomic mass is 9.98. The van der Waals surface area contributed by atoms with Crippen LogP contribution in [0, 0.1) is 0 Å². The summed E-state index contributed by atoms with van der Waals surface area (Å²) in [4.78, 5) is 37.9. The molecule has 3 aromatic carbocycles. The van der Waals surface area contributed by atoms with E-state index in [0.717, 1.165) is 25.7 Å². The van der Waals surface area contributed by atoms with Crippen LogP contribution in [0.15, 0.2) is 72.8 Å². The fourth-order valence-electron chi connectivity index (χ4n) is 4.30. The molecule has 0 unspecified atom stereocenters. The topological polar surface area (TPSA) is 90.9 Å². The second kappa shape index (κ2) is 9.02. The Morgan fingerprint density at radius 1 is 0.824 bits per heavy atom. The summed E-state index contributed by atoms with van der Waals surface area (Å²) in [6, 6.07) is 20.2. The number of carbonyl (C=O) groups excluding carboxylic acids is 3. The molecule has 0 aromatic heterocycles. The van der Waals surface area contributed by atoms with Gasteiger partial charge >= 0.3 is 5.97 Å². The van der Waals surface area contributed by atoms with Crippen LogP contribution in [-0.2, 0) is 9.53 Å². The Morgan fingerprint density at radius 2 is 1.50 bits per heavy atom. The summed E-state index contributed by atoms with van der Waals surface area (Å²) in [5.41, 5.74) is 1.30. The lowest BCUT2D eigenvalue weighted by Crippen LogP contribution is -2.34. The van der Waals surface area contributed by atoms with E-state index in [1.165, 1.54) is 6.07 Å². The molecular weight excluding hydrogens is 434 g/mol. The van der Waals surface area contributed by atoms with Gasteiger partial charge in [0.15, 0.2) is 23.9 Å². The number of benzene rings is 3. The van der Waals surface area contributed by atoms with Crippen LogP contribution in [0.5, 0.6) is 11.5 Å². The molecule has 1 heterocycles. The molecule has 2 aliphatic rings. The molecule has 0 saturated heterocycles. The summed E-state index contributed by atoms with van der Waals surface area (Å²) in [6.07, 6.45) is 3.80. The first-order valence-electron chi connectivity index (χ1n) is 11.2. The van der Waals surface area contributed by atoms with Gasteiger partial charge < -0.3 is 19.5 Å². The maximum Gasteiger partial charge on any atom is 0.339 e. The Balaban J connectivity index is 1.21. The summed E-state index contributed by atoms with van der Waals surface area (Å²) in [7, 11) is 0. The summed E-state index contributed by atoms with van der Waals surface area (Å²) in [5, 5.41) is 2.70. The fourth-order valence-corrected chi connectivity index (χ4v) is 4.30. The molecule has 3 aromatic rings. The predicted molar refractivity (Wildman–Crippen MR) is 124 cm³/mol. The van der Waals surface area contributed by atoms with E-state index in [2.05, 4.69) is 5.32 Å². The lowest BCUT2D eigenvalue weighted by Gasteiger charge is -2.21. The molecule has 7 heteroatoms. The highest BCUT2D eigenvalue weighted by Crippen LogP contribution is 2.47. The third kappa shape index (κ3) is 4.37. The zero-order valence-corrected chi connectivity index (χ0v) is 18.4. The van der Waals surface area contributed by atoms with Crippen LogP contribution >= 0.6 is 0 Å². The number of hydrogen-bond acceptors (Lipinski definition) is 6. The van der Waals surface area contributed by atoms with Gasteiger partial charge in [-0.05, 0) is 31.0 Å². The Kier molecular flexibility index (Phi) is 5.76. The van der Waals surface area contributed by atoms with E-state index in [9.17, 15) is 14.4 Å². The van der Waals surface area contributed by atoms with Gasteiger partial charge in [-0.15, -0.1) is 0 Å². The number of amides is 1. The van der Waals surface area contributed by atoms with E-state index in [4.69, 9.17) is 14.2 Å². The molecule has 5 rings (SSSR count). The number of nitrogens with one attached hydrogen (secondary N) is 1. The maximum atomic E-state index is 12.8. The zero-order chi connectivity index (χ0) is 23.5. The van der Waals surface area contributed by atoms with Gasteiger partial charge in [0.25, 0.3) is 11.7 Å². The van der Waals surface area contributed by atoms with Crippen LogP contribution in [0.4, 0.5) is 5.69 Å². The van der Waals surface area contributed by atoms with Crippen molar-refractivity contribution in [2.45, 2.75) is 31.5 Å². The molecule has 0 bridgehead atoms. The van der Waals surface area contributed by atoms with Crippen molar-refractivity contribution in [3.05, 3.63) is 89.5 Å². The van der Waals surface area contributed by atoms with Gasteiger partial charge in [0, 0.05) is 35.7 Å².